The summed E-state index contributed by atoms with van der Waals surface area (Å²) in [6, 6.07) is 17.4. The lowest BCUT2D eigenvalue weighted by Gasteiger charge is -2.14. The van der Waals surface area contributed by atoms with Gasteiger partial charge in [0.05, 0.1) is 23.1 Å². The summed E-state index contributed by atoms with van der Waals surface area (Å²) in [7, 11) is 0. The molecule has 8 heteroatoms. The van der Waals surface area contributed by atoms with Gasteiger partial charge in [-0.3, -0.25) is 10.1 Å². The molecule has 160 valence electrons. The van der Waals surface area contributed by atoms with Crippen molar-refractivity contribution in [3.05, 3.63) is 93.3 Å². The molecule has 0 heterocycles. The van der Waals surface area contributed by atoms with E-state index in [4.69, 9.17) is 4.74 Å². The van der Waals surface area contributed by atoms with Gasteiger partial charge >= 0.3 is 11.8 Å². The molecule has 3 aromatic carbocycles. The number of nitrogens with zero attached hydrogens (tertiary/aromatic N) is 1. The molecule has 0 bridgehead atoms. The predicted molar refractivity (Wildman–Crippen MR) is 115 cm³/mol. The second-order valence-electron chi connectivity index (χ2n) is 7.06. The molecule has 0 saturated heterocycles. The number of phenolic OH excluding ortho intramolecular Hbond substituents is 1. The van der Waals surface area contributed by atoms with Crippen LogP contribution in [0.25, 0.3) is 11.1 Å². The molecular formula is C24H17FN2O5. The van der Waals surface area contributed by atoms with E-state index in [9.17, 15) is 24.4 Å². The molecule has 0 spiro atoms. The van der Waals surface area contributed by atoms with Gasteiger partial charge < -0.3 is 15.2 Å². The van der Waals surface area contributed by atoms with Crippen LogP contribution in [-0.2, 0) is 4.74 Å². The minimum absolute atomic E-state index is 0.0796. The summed E-state index contributed by atoms with van der Waals surface area (Å²) in [5.74, 6) is 3.22. The number of nitro benzene ring substituents is 1. The molecule has 0 saturated carbocycles. The Morgan fingerprint density at radius 1 is 1.12 bits per heavy atom. The summed E-state index contributed by atoms with van der Waals surface area (Å²) >= 11 is 0. The molecule has 0 atom stereocenters. The molecule has 4 rings (SSSR count). The quantitative estimate of drug-likeness (QED) is 0.363. The Hall–Kier alpha value is -4.38. The molecule has 3 aromatic rings. The molecule has 0 fully saturated rings. The number of halogens is 1. The minimum atomic E-state index is -0.904. The van der Waals surface area contributed by atoms with E-state index in [0.29, 0.717) is 6.07 Å². The van der Waals surface area contributed by atoms with Crippen molar-refractivity contribution in [1.82, 2.24) is 5.32 Å². The van der Waals surface area contributed by atoms with Crippen molar-refractivity contribution in [2.24, 2.45) is 0 Å². The van der Waals surface area contributed by atoms with Gasteiger partial charge in [-0.1, -0.05) is 60.4 Å². The molecule has 0 radical (unpaired) electrons. The number of rotatable bonds is 4. The van der Waals surface area contributed by atoms with Crippen LogP contribution in [0.1, 0.15) is 22.6 Å². The van der Waals surface area contributed by atoms with Crippen molar-refractivity contribution in [3.63, 3.8) is 0 Å². The Morgan fingerprint density at radius 2 is 1.75 bits per heavy atom. The SMILES string of the molecule is O=C(NCC#Cc1cc(F)cc([N+](=O)[O-])c1O)OCC1c2ccccc2-c2ccccc21. The van der Waals surface area contributed by atoms with Crippen molar-refractivity contribution < 1.29 is 24.0 Å². The number of carbonyl (C=O) groups excluding carboxylic acids is 1. The van der Waals surface area contributed by atoms with Gasteiger partial charge in [0.25, 0.3) is 0 Å². The molecule has 32 heavy (non-hydrogen) atoms. The standard InChI is InChI=1S/C24H17FN2O5/c25-16-12-15(23(28)22(13-16)27(30)31)6-5-11-26-24(29)32-14-21-19-9-3-1-7-17(19)18-8-2-4-10-20(18)21/h1-4,7-10,12-13,21,28H,11,14H2,(H,26,29). The maximum atomic E-state index is 13.5. The number of phenols is 1. The summed E-state index contributed by atoms with van der Waals surface area (Å²) in [4.78, 5) is 22.0. The molecule has 1 aliphatic rings. The van der Waals surface area contributed by atoms with Crippen LogP contribution in [0.5, 0.6) is 5.75 Å². The van der Waals surface area contributed by atoms with E-state index < -0.39 is 28.3 Å². The fraction of sp³-hybridized carbons (Fsp3) is 0.125. The first kappa shape index (κ1) is 20.9. The normalized spacial score (nSPS) is 11.7. The zero-order chi connectivity index (χ0) is 22.7. The summed E-state index contributed by atoms with van der Waals surface area (Å²) < 4.78 is 18.9. The fourth-order valence-electron chi connectivity index (χ4n) is 3.72. The van der Waals surface area contributed by atoms with Crippen molar-refractivity contribution >= 4 is 11.8 Å². The third kappa shape index (κ3) is 4.09. The van der Waals surface area contributed by atoms with Crippen LogP contribution in [0, 0.1) is 27.8 Å². The Bertz CT molecular complexity index is 1230. The zero-order valence-electron chi connectivity index (χ0n) is 16.7. The second kappa shape index (κ2) is 8.78. The van der Waals surface area contributed by atoms with Gasteiger partial charge in [-0.05, 0) is 28.3 Å². The number of nitro groups is 1. The molecule has 7 nitrogen and oxygen atoms in total. The molecule has 2 N–H and O–H groups in total. The maximum absolute atomic E-state index is 13.5. The van der Waals surface area contributed by atoms with Crippen LogP contribution < -0.4 is 5.32 Å². The molecule has 0 aromatic heterocycles. The molecule has 1 amide bonds. The Labute approximate surface area is 182 Å². The lowest BCUT2D eigenvalue weighted by molar-refractivity contribution is -0.386. The number of aromatic hydroxyl groups is 1. The average Bonchev–Trinajstić information content (AvgIpc) is 3.11. The average molecular weight is 432 g/mol. The first-order valence-corrected chi connectivity index (χ1v) is 9.70. The van der Waals surface area contributed by atoms with E-state index in [2.05, 4.69) is 17.2 Å². The highest BCUT2D eigenvalue weighted by Crippen LogP contribution is 2.44. The van der Waals surface area contributed by atoms with Crippen molar-refractivity contribution in [2.75, 3.05) is 13.2 Å². The Morgan fingerprint density at radius 3 is 2.38 bits per heavy atom. The highest BCUT2D eigenvalue weighted by Gasteiger charge is 2.28. The summed E-state index contributed by atoms with van der Waals surface area (Å²) in [5, 5.41) is 23.1. The highest BCUT2D eigenvalue weighted by molar-refractivity contribution is 5.79. The smallest absolute Gasteiger partial charge is 0.407 e. The first-order valence-electron chi connectivity index (χ1n) is 9.70. The topological polar surface area (TPSA) is 102 Å². The van der Waals surface area contributed by atoms with E-state index in [1.165, 1.54) is 0 Å². The lowest BCUT2D eigenvalue weighted by Crippen LogP contribution is -2.26. The molecule has 1 aliphatic carbocycles. The third-order valence-electron chi connectivity index (χ3n) is 5.14. The number of amides is 1. The number of hydrogen-bond acceptors (Lipinski definition) is 5. The van der Waals surface area contributed by atoms with Gasteiger partial charge in [-0.2, -0.15) is 0 Å². The molecular weight excluding hydrogens is 415 g/mol. The van der Waals surface area contributed by atoms with E-state index in [0.717, 1.165) is 28.3 Å². The van der Waals surface area contributed by atoms with E-state index in [1.807, 2.05) is 48.5 Å². The van der Waals surface area contributed by atoms with E-state index in [1.54, 1.807) is 0 Å². The predicted octanol–water partition coefficient (Wildman–Crippen LogP) is 4.33. The maximum Gasteiger partial charge on any atom is 0.407 e. The molecule has 0 aliphatic heterocycles. The second-order valence-corrected chi connectivity index (χ2v) is 7.06. The van der Waals surface area contributed by atoms with Crippen LogP contribution >= 0.6 is 0 Å². The van der Waals surface area contributed by atoms with Crippen molar-refractivity contribution in [1.29, 1.82) is 0 Å². The van der Waals surface area contributed by atoms with Gasteiger partial charge in [0, 0.05) is 5.92 Å². The number of carbonyl (C=O) groups is 1. The summed E-state index contributed by atoms with van der Waals surface area (Å²) in [6.45, 7) is -0.00933. The van der Waals surface area contributed by atoms with E-state index in [-0.39, 0.29) is 24.6 Å². The fourth-order valence-corrected chi connectivity index (χ4v) is 3.72. The number of hydrogen-bond donors (Lipinski definition) is 2. The van der Waals surface area contributed by atoms with Gasteiger partial charge in [-0.25, -0.2) is 9.18 Å². The van der Waals surface area contributed by atoms with Crippen LogP contribution in [0.2, 0.25) is 0 Å². The minimum Gasteiger partial charge on any atom is -0.501 e. The van der Waals surface area contributed by atoms with Crippen LogP contribution in [-0.4, -0.2) is 29.3 Å². The Balaban J connectivity index is 1.37. The largest absolute Gasteiger partial charge is 0.501 e. The number of fused-ring (bicyclic) bond motifs is 3. The van der Waals surface area contributed by atoms with Gasteiger partial charge in [-0.15, -0.1) is 0 Å². The van der Waals surface area contributed by atoms with Gasteiger partial charge in [0.15, 0.2) is 0 Å². The first-order chi connectivity index (χ1) is 15.5. The van der Waals surface area contributed by atoms with Crippen molar-refractivity contribution in [3.8, 4) is 28.7 Å². The van der Waals surface area contributed by atoms with E-state index >= 15 is 0 Å². The zero-order valence-corrected chi connectivity index (χ0v) is 16.7. The van der Waals surface area contributed by atoms with Crippen LogP contribution in [0.3, 0.4) is 0 Å². The summed E-state index contributed by atoms with van der Waals surface area (Å²) in [5.41, 5.74) is 3.39. The lowest BCUT2D eigenvalue weighted by atomic mass is 9.98. The van der Waals surface area contributed by atoms with Crippen molar-refractivity contribution in [2.45, 2.75) is 5.92 Å². The van der Waals surface area contributed by atoms with Gasteiger partial charge in [0.1, 0.15) is 12.4 Å². The third-order valence-corrected chi connectivity index (χ3v) is 5.14. The number of nitrogens with one attached hydrogen (secondary N) is 1. The monoisotopic (exact) mass is 432 g/mol. The molecule has 0 unspecified atom stereocenters. The Kier molecular flexibility index (Phi) is 5.73. The van der Waals surface area contributed by atoms with Crippen LogP contribution in [0.4, 0.5) is 14.9 Å². The highest BCUT2D eigenvalue weighted by atomic mass is 19.1. The number of ether oxygens (including phenoxy) is 1. The summed E-state index contributed by atoms with van der Waals surface area (Å²) in [6.07, 6.45) is -0.685. The number of benzene rings is 3. The van der Waals surface area contributed by atoms with Crippen LogP contribution in [0.15, 0.2) is 60.7 Å². The number of alkyl carbamates (subject to hydrolysis) is 1. The van der Waals surface area contributed by atoms with Gasteiger partial charge in [0.2, 0.25) is 5.75 Å².